The summed E-state index contributed by atoms with van der Waals surface area (Å²) in [5, 5.41) is 9.79. The fraction of sp³-hybridized carbons (Fsp3) is 1.00. The molecular weight excluding hydrogens is 228 g/mol. The lowest BCUT2D eigenvalue weighted by molar-refractivity contribution is 0.130. The first-order chi connectivity index (χ1) is 7.55. The number of nitrogens with two attached hydrogens (primary N) is 1. The number of hydrogen-bond donors (Lipinski definition) is 3. The molecule has 0 saturated heterocycles. The van der Waals surface area contributed by atoms with Crippen molar-refractivity contribution in [2.45, 2.75) is 50.7 Å². The van der Waals surface area contributed by atoms with E-state index < -0.39 is 16.1 Å². The summed E-state index contributed by atoms with van der Waals surface area (Å²) >= 11 is 0. The quantitative estimate of drug-likeness (QED) is 0.596. The van der Waals surface area contributed by atoms with E-state index in [2.05, 4.69) is 4.72 Å². The summed E-state index contributed by atoms with van der Waals surface area (Å²) < 4.78 is 25.9. The van der Waals surface area contributed by atoms with Gasteiger partial charge in [0.1, 0.15) is 0 Å². The Labute approximate surface area is 97.5 Å². The SMILES string of the molecule is NCCCS(=O)(=O)NC1CCCCCC1O. The molecule has 0 aromatic heterocycles. The molecule has 16 heavy (non-hydrogen) atoms. The molecule has 0 spiro atoms. The van der Waals surface area contributed by atoms with Crippen molar-refractivity contribution in [2.24, 2.45) is 5.73 Å². The highest BCUT2D eigenvalue weighted by molar-refractivity contribution is 7.89. The van der Waals surface area contributed by atoms with Gasteiger partial charge in [-0.05, 0) is 25.8 Å². The van der Waals surface area contributed by atoms with Gasteiger partial charge >= 0.3 is 0 Å². The zero-order valence-corrected chi connectivity index (χ0v) is 10.4. The van der Waals surface area contributed by atoms with E-state index in [1.54, 1.807) is 0 Å². The fourth-order valence-corrected chi connectivity index (χ4v) is 3.39. The van der Waals surface area contributed by atoms with Gasteiger partial charge in [0.2, 0.25) is 10.0 Å². The first-order valence-corrected chi connectivity index (χ1v) is 7.58. The Balaban J connectivity index is 2.50. The van der Waals surface area contributed by atoms with Crippen LogP contribution in [0, 0.1) is 0 Å². The van der Waals surface area contributed by atoms with Gasteiger partial charge < -0.3 is 10.8 Å². The van der Waals surface area contributed by atoms with Crippen molar-refractivity contribution in [3.05, 3.63) is 0 Å². The van der Waals surface area contributed by atoms with Crippen molar-refractivity contribution in [3.63, 3.8) is 0 Å². The van der Waals surface area contributed by atoms with Gasteiger partial charge in [-0.3, -0.25) is 0 Å². The molecule has 0 bridgehead atoms. The molecule has 4 N–H and O–H groups in total. The molecule has 0 aliphatic heterocycles. The molecule has 2 unspecified atom stereocenters. The van der Waals surface area contributed by atoms with Gasteiger partial charge in [0.05, 0.1) is 11.9 Å². The fourth-order valence-electron chi connectivity index (χ4n) is 1.99. The minimum absolute atomic E-state index is 0.0483. The highest BCUT2D eigenvalue weighted by atomic mass is 32.2. The number of rotatable bonds is 5. The van der Waals surface area contributed by atoms with Gasteiger partial charge in [-0.1, -0.05) is 19.3 Å². The largest absolute Gasteiger partial charge is 0.391 e. The van der Waals surface area contributed by atoms with Gasteiger partial charge in [-0.2, -0.15) is 0 Å². The molecule has 1 fully saturated rings. The summed E-state index contributed by atoms with van der Waals surface area (Å²) in [5.41, 5.74) is 5.28. The third-order valence-electron chi connectivity index (χ3n) is 2.93. The lowest BCUT2D eigenvalue weighted by Crippen LogP contribution is -2.43. The van der Waals surface area contributed by atoms with E-state index in [4.69, 9.17) is 5.73 Å². The molecule has 6 heteroatoms. The zero-order chi connectivity index (χ0) is 12.0. The van der Waals surface area contributed by atoms with E-state index in [9.17, 15) is 13.5 Å². The summed E-state index contributed by atoms with van der Waals surface area (Å²) in [6, 6.07) is -0.315. The monoisotopic (exact) mass is 250 g/mol. The molecule has 0 heterocycles. The minimum atomic E-state index is -3.28. The lowest BCUT2D eigenvalue weighted by atomic mass is 10.1. The van der Waals surface area contributed by atoms with Crippen molar-refractivity contribution < 1.29 is 13.5 Å². The van der Waals surface area contributed by atoms with Gasteiger partial charge in [-0.15, -0.1) is 0 Å². The molecule has 96 valence electrons. The Morgan fingerprint density at radius 1 is 1.25 bits per heavy atom. The van der Waals surface area contributed by atoms with E-state index in [1.165, 1.54) is 0 Å². The predicted octanol–water partition coefficient (Wildman–Crippen LogP) is -0.0518. The van der Waals surface area contributed by atoms with Crippen LogP contribution in [-0.4, -0.2) is 38.0 Å². The second-order valence-corrected chi connectivity index (χ2v) is 6.26. The molecule has 1 rings (SSSR count). The van der Waals surface area contributed by atoms with Crippen LogP contribution in [0.2, 0.25) is 0 Å². The third-order valence-corrected chi connectivity index (χ3v) is 4.42. The summed E-state index contributed by atoms with van der Waals surface area (Å²) in [4.78, 5) is 0. The van der Waals surface area contributed by atoms with Gasteiger partial charge in [0.15, 0.2) is 0 Å². The molecule has 0 amide bonds. The van der Waals surface area contributed by atoms with E-state index in [1.807, 2.05) is 0 Å². The van der Waals surface area contributed by atoms with Crippen LogP contribution in [0.3, 0.4) is 0 Å². The van der Waals surface area contributed by atoms with Crippen LogP contribution < -0.4 is 10.5 Å². The summed E-state index contributed by atoms with van der Waals surface area (Å²) in [7, 11) is -3.28. The molecule has 5 nitrogen and oxygen atoms in total. The predicted molar refractivity (Wildman–Crippen MR) is 63.5 cm³/mol. The standard InChI is InChI=1S/C10H22N2O3S/c11-7-4-8-16(14,15)12-9-5-2-1-3-6-10(9)13/h9-10,12-13H,1-8,11H2. The Bertz CT molecular complexity index is 292. The molecule has 0 aromatic carbocycles. The molecule has 2 atom stereocenters. The first kappa shape index (κ1) is 13.9. The van der Waals surface area contributed by atoms with E-state index in [-0.39, 0.29) is 11.8 Å². The smallest absolute Gasteiger partial charge is 0.211 e. The third kappa shape index (κ3) is 4.78. The summed E-state index contributed by atoms with van der Waals surface area (Å²) in [5.74, 6) is 0.0483. The maximum absolute atomic E-state index is 11.6. The van der Waals surface area contributed by atoms with Crippen LogP contribution >= 0.6 is 0 Å². The maximum Gasteiger partial charge on any atom is 0.211 e. The highest BCUT2D eigenvalue weighted by Crippen LogP contribution is 2.18. The molecular formula is C10H22N2O3S. The Morgan fingerprint density at radius 3 is 2.62 bits per heavy atom. The molecule has 0 radical (unpaired) electrons. The zero-order valence-electron chi connectivity index (χ0n) is 9.56. The van der Waals surface area contributed by atoms with Gasteiger partial charge in [0, 0.05) is 6.04 Å². The van der Waals surface area contributed by atoms with Crippen molar-refractivity contribution in [1.29, 1.82) is 0 Å². The van der Waals surface area contributed by atoms with Crippen LogP contribution in [0.25, 0.3) is 0 Å². The first-order valence-electron chi connectivity index (χ1n) is 5.93. The number of aliphatic hydroxyl groups excluding tert-OH is 1. The van der Waals surface area contributed by atoms with Crippen molar-refractivity contribution in [2.75, 3.05) is 12.3 Å². The number of sulfonamides is 1. The number of aliphatic hydroxyl groups is 1. The van der Waals surface area contributed by atoms with Crippen molar-refractivity contribution >= 4 is 10.0 Å². The highest BCUT2D eigenvalue weighted by Gasteiger charge is 2.25. The molecule has 1 saturated carbocycles. The van der Waals surface area contributed by atoms with Crippen molar-refractivity contribution in [3.8, 4) is 0 Å². The Hall–Kier alpha value is -0.170. The van der Waals surface area contributed by atoms with Crippen LogP contribution in [-0.2, 0) is 10.0 Å². The second kappa shape index (κ2) is 6.54. The van der Waals surface area contributed by atoms with Gasteiger partial charge in [0.25, 0.3) is 0 Å². The molecule has 0 aromatic rings. The van der Waals surface area contributed by atoms with Crippen LogP contribution in [0.4, 0.5) is 0 Å². The van der Waals surface area contributed by atoms with Crippen LogP contribution in [0.1, 0.15) is 38.5 Å². The Kier molecular flexibility index (Phi) is 5.68. The van der Waals surface area contributed by atoms with E-state index in [0.29, 0.717) is 19.4 Å². The van der Waals surface area contributed by atoms with E-state index in [0.717, 1.165) is 25.7 Å². The topological polar surface area (TPSA) is 92.4 Å². The number of hydrogen-bond acceptors (Lipinski definition) is 4. The summed E-state index contributed by atoms with van der Waals surface area (Å²) in [6.07, 6.45) is 4.34. The lowest BCUT2D eigenvalue weighted by Gasteiger charge is -2.21. The maximum atomic E-state index is 11.6. The average molecular weight is 250 g/mol. The van der Waals surface area contributed by atoms with Crippen LogP contribution in [0.15, 0.2) is 0 Å². The summed E-state index contributed by atoms with van der Waals surface area (Å²) in [6.45, 7) is 0.369. The van der Waals surface area contributed by atoms with E-state index >= 15 is 0 Å². The molecule has 1 aliphatic rings. The van der Waals surface area contributed by atoms with Crippen LogP contribution in [0.5, 0.6) is 0 Å². The van der Waals surface area contributed by atoms with Crippen molar-refractivity contribution in [1.82, 2.24) is 4.72 Å². The second-order valence-electron chi connectivity index (χ2n) is 4.39. The normalized spacial score (nSPS) is 27.6. The number of nitrogens with one attached hydrogen (secondary N) is 1. The average Bonchev–Trinajstić information content (AvgIpc) is 2.41. The Morgan fingerprint density at radius 2 is 1.94 bits per heavy atom. The minimum Gasteiger partial charge on any atom is -0.391 e. The van der Waals surface area contributed by atoms with Gasteiger partial charge in [-0.25, -0.2) is 13.1 Å². The molecule has 1 aliphatic carbocycles.